The van der Waals surface area contributed by atoms with Crippen LogP contribution in [0.5, 0.6) is 0 Å². The number of hydrogen-bond donors (Lipinski definition) is 2. The maximum atomic E-state index is 12.3. The zero-order chi connectivity index (χ0) is 12.6. The predicted octanol–water partition coefficient (Wildman–Crippen LogP) is 2.91. The minimum absolute atomic E-state index is 0. The first-order valence-corrected chi connectivity index (χ1v) is 7.57. The highest BCUT2D eigenvalue weighted by molar-refractivity contribution is 7.14. The Hall–Kier alpha value is -0.650. The molecule has 1 aromatic rings. The molecule has 1 atom stereocenters. The number of piperidine rings is 1. The van der Waals surface area contributed by atoms with Gasteiger partial charge in [-0.05, 0) is 45.6 Å². The van der Waals surface area contributed by atoms with Gasteiger partial charge in [-0.3, -0.25) is 4.79 Å². The molecule has 2 fully saturated rings. The Morgan fingerprint density at radius 1 is 1.53 bits per heavy atom. The van der Waals surface area contributed by atoms with Crippen molar-refractivity contribution in [3.05, 3.63) is 11.1 Å². The molecule has 106 valence electrons. The molecule has 0 spiro atoms. The molecule has 3 rings (SSSR count). The summed E-state index contributed by atoms with van der Waals surface area (Å²) in [4.78, 5) is 16.8. The fourth-order valence-electron chi connectivity index (χ4n) is 2.40. The van der Waals surface area contributed by atoms with Gasteiger partial charge in [0.1, 0.15) is 0 Å². The summed E-state index contributed by atoms with van der Waals surface area (Å²) in [7, 11) is 0. The average molecular weight is 302 g/mol. The number of nitrogens with zero attached hydrogens (tertiary/aromatic N) is 1. The van der Waals surface area contributed by atoms with Crippen LogP contribution in [0.25, 0.3) is 0 Å². The largest absolute Gasteiger partial charge is 0.304 e. The van der Waals surface area contributed by atoms with Gasteiger partial charge in [0, 0.05) is 11.3 Å². The summed E-state index contributed by atoms with van der Waals surface area (Å²) >= 11 is 1.54. The van der Waals surface area contributed by atoms with Gasteiger partial charge in [-0.25, -0.2) is 4.98 Å². The maximum Gasteiger partial charge on any atom is 0.246 e. The number of amides is 1. The van der Waals surface area contributed by atoms with Crippen LogP contribution in [0.2, 0.25) is 0 Å². The summed E-state index contributed by atoms with van der Waals surface area (Å²) in [5, 5.41) is 9.10. The van der Waals surface area contributed by atoms with Gasteiger partial charge in [0.25, 0.3) is 0 Å². The molecule has 1 unspecified atom stereocenters. The third-order valence-electron chi connectivity index (χ3n) is 3.86. The number of halogens is 1. The minimum Gasteiger partial charge on any atom is -0.304 e. The molecule has 1 aliphatic carbocycles. The molecule has 1 saturated carbocycles. The van der Waals surface area contributed by atoms with Gasteiger partial charge in [-0.15, -0.1) is 23.7 Å². The summed E-state index contributed by atoms with van der Waals surface area (Å²) in [5.41, 5.74) is 0.723. The van der Waals surface area contributed by atoms with Gasteiger partial charge in [0.05, 0.1) is 11.2 Å². The molecule has 1 amide bonds. The summed E-state index contributed by atoms with van der Waals surface area (Å²) in [5.74, 6) is 0.703. The lowest BCUT2D eigenvalue weighted by Gasteiger charge is -2.33. The SMILES string of the molecule is CC1(C(=O)Nc2nc(C3CC3)cs2)CCCCN1.Cl. The van der Waals surface area contributed by atoms with Crippen molar-refractivity contribution in [2.75, 3.05) is 11.9 Å². The summed E-state index contributed by atoms with van der Waals surface area (Å²) in [6.07, 6.45) is 5.67. The summed E-state index contributed by atoms with van der Waals surface area (Å²) in [6.45, 7) is 2.91. The lowest BCUT2D eigenvalue weighted by atomic mass is 9.90. The third kappa shape index (κ3) is 3.27. The predicted molar refractivity (Wildman–Crippen MR) is 80.2 cm³/mol. The second-order valence-electron chi connectivity index (χ2n) is 5.52. The van der Waals surface area contributed by atoms with Crippen molar-refractivity contribution in [1.82, 2.24) is 10.3 Å². The van der Waals surface area contributed by atoms with E-state index < -0.39 is 5.54 Å². The highest BCUT2D eigenvalue weighted by Gasteiger charge is 2.35. The molecule has 4 nitrogen and oxygen atoms in total. The van der Waals surface area contributed by atoms with E-state index in [4.69, 9.17) is 0 Å². The van der Waals surface area contributed by atoms with Crippen molar-refractivity contribution in [2.24, 2.45) is 0 Å². The van der Waals surface area contributed by atoms with E-state index in [1.54, 1.807) is 0 Å². The van der Waals surface area contributed by atoms with Crippen molar-refractivity contribution in [1.29, 1.82) is 0 Å². The smallest absolute Gasteiger partial charge is 0.246 e. The molecular weight excluding hydrogens is 282 g/mol. The minimum atomic E-state index is -0.427. The average Bonchev–Trinajstić information content (AvgIpc) is 3.11. The third-order valence-corrected chi connectivity index (χ3v) is 4.63. The standard InChI is InChI=1S/C13H19N3OS.ClH/c1-13(6-2-3-7-14-13)11(17)16-12-15-10(8-18-12)9-4-5-9;/h8-9,14H,2-7H2,1H3,(H,15,16,17);1H. The molecule has 0 radical (unpaired) electrons. The number of hydrogen-bond acceptors (Lipinski definition) is 4. The topological polar surface area (TPSA) is 54.0 Å². The van der Waals surface area contributed by atoms with Crippen LogP contribution in [-0.2, 0) is 4.79 Å². The number of carbonyl (C=O) groups excluding carboxylic acids is 1. The second-order valence-corrected chi connectivity index (χ2v) is 6.38. The number of aromatic nitrogens is 1. The Balaban J connectivity index is 0.00000133. The van der Waals surface area contributed by atoms with Crippen molar-refractivity contribution >= 4 is 34.8 Å². The Kier molecular flexibility index (Phi) is 4.48. The molecule has 2 aliphatic rings. The molecule has 19 heavy (non-hydrogen) atoms. The van der Waals surface area contributed by atoms with E-state index in [1.807, 2.05) is 6.92 Å². The summed E-state index contributed by atoms with van der Waals surface area (Å²) < 4.78 is 0. The molecule has 2 N–H and O–H groups in total. The van der Waals surface area contributed by atoms with E-state index in [1.165, 1.54) is 24.2 Å². The quantitative estimate of drug-likeness (QED) is 0.902. The first-order chi connectivity index (χ1) is 8.67. The fraction of sp³-hybridized carbons (Fsp3) is 0.692. The molecule has 2 heterocycles. The van der Waals surface area contributed by atoms with Crippen LogP contribution in [-0.4, -0.2) is 23.0 Å². The van der Waals surface area contributed by atoms with E-state index in [-0.39, 0.29) is 18.3 Å². The first kappa shape index (κ1) is 14.8. The van der Waals surface area contributed by atoms with Gasteiger partial charge in [0.2, 0.25) is 5.91 Å². The van der Waals surface area contributed by atoms with Gasteiger partial charge >= 0.3 is 0 Å². The van der Waals surface area contributed by atoms with Gasteiger partial charge < -0.3 is 10.6 Å². The van der Waals surface area contributed by atoms with E-state index in [2.05, 4.69) is 21.0 Å². The number of thiazole rings is 1. The first-order valence-electron chi connectivity index (χ1n) is 6.69. The highest BCUT2D eigenvalue weighted by Crippen LogP contribution is 2.41. The zero-order valence-electron chi connectivity index (χ0n) is 11.1. The summed E-state index contributed by atoms with van der Waals surface area (Å²) in [6, 6.07) is 0. The van der Waals surface area contributed by atoms with Crippen LogP contribution in [0, 0.1) is 0 Å². The van der Waals surface area contributed by atoms with Gasteiger partial charge in [-0.1, -0.05) is 0 Å². The van der Waals surface area contributed by atoms with Crippen molar-refractivity contribution < 1.29 is 4.79 Å². The molecule has 1 aromatic heterocycles. The second kappa shape index (κ2) is 5.77. The lowest BCUT2D eigenvalue weighted by molar-refractivity contribution is -0.122. The fourth-order valence-corrected chi connectivity index (χ4v) is 3.18. The van der Waals surface area contributed by atoms with Gasteiger partial charge in [0.15, 0.2) is 5.13 Å². The van der Waals surface area contributed by atoms with Crippen molar-refractivity contribution in [2.45, 2.75) is 50.5 Å². The van der Waals surface area contributed by atoms with E-state index in [9.17, 15) is 4.79 Å². The van der Waals surface area contributed by atoms with Crippen LogP contribution in [0.15, 0.2) is 5.38 Å². The monoisotopic (exact) mass is 301 g/mol. The Labute approximate surface area is 123 Å². The van der Waals surface area contributed by atoms with Crippen LogP contribution in [0.1, 0.15) is 50.6 Å². The van der Waals surface area contributed by atoms with Crippen LogP contribution in [0.4, 0.5) is 5.13 Å². The van der Waals surface area contributed by atoms with Crippen LogP contribution < -0.4 is 10.6 Å². The lowest BCUT2D eigenvalue weighted by Crippen LogP contribution is -2.54. The Bertz CT molecular complexity index is 452. The van der Waals surface area contributed by atoms with E-state index >= 15 is 0 Å². The molecular formula is C13H20ClN3OS. The Morgan fingerprint density at radius 3 is 2.95 bits per heavy atom. The number of nitrogens with one attached hydrogen (secondary N) is 2. The maximum absolute atomic E-state index is 12.3. The number of rotatable bonds is 3. The van der Waals surface area contributed by atoms with Crippen LogP contribution >= 0.6 is 23.7 Å². The van der Waals surface area contributed by atoms with E-state index in [0.29, 0.717) is 5.92 Å². The Morgan fingerprint density at radius 2 is 2.32 bits per heavy atom. The number of anilines is 1. The molecule has 1 saturated heterocycles. The molecule has 6 heteroatoms. The normalized spacial score (nSPS) is 26.6. The van der Waals surface area contributed by atoms with Crippen molar-refractivity contribution in [3.8, 4) is 0 Å². The van der Waals surface area contributed by atoms with Crippen LogP contribution in [0.3, 0.4) is 0 Å². The molecule has 0 aromatic carbocycles. The molecule has 1 aliphatic heterocycles. The van der Waals surface area contributed by atoms with E-state index in [0.717, 1.165) is 36.6 Å². The van der Waals surface area contributed by atoms with Crippen molar-refractivity contribution in [3.63, 3.8) is 0 Å². The zero-order valence-corrected chi connectivity index (χ0v) is 12.7. The van der Waals surface area contributed by atoms with Gasteiger partial charge in [-0.2, -0.15) is 0 Å². The number of carbonyl (C=O) groups is 1. The molecule has 0 bridgehead atoms. The highest BCUT2D eigenvalue weighted by atomic mass is 35.5.